The largest absolute Gasteiger partial charge is 0.600 e. The fraction of sp³-hybridized carbons (Fsp3) is 1.00. The summed E-state index contributed by atoms with van der Waals surface area (Å²) in [6, 6.07) is -0.0463. The van der Waals surface area contributed by atoms with Crippen molar-refractivity contribution in [2.45, 2.75) is 56.8 Å². The van der Waals surface area contributed by atoms with Crippen LogP contribution in [0.5, 0.6) is 0 Å². The number of azo groups is 2. The second-order valence-electron chi connectivity index (χ2n) is 6.05. The second kappa shape index (κ2) is 2.79. The molecule has 6 rings (SSSR count). The van der Waals surface area contributed by atoms with Crippen molar-refractivity contribution in [3.63, 3.8) is 0 Å². The van der Waals surface area contributed by atoms with Gasteiger partial charge in [0.15, 0.2) is 12.1 Å². The molecule has 0 saturated heterocycles. The van der Waals surface area contributed by atoms with Gasteiger partial charge in [-0.1, -0.05) is 16.6 Å². The standard InChI is InChI=1S/C11H16N4O2/c1-11-8-4-3-7(14(16)13-8)10(11)6-2-5-9(11)15(17)12-6/h6-10H,2-5H2,1H3/t6?,7?,8-,9+,10?,11+/m1/s1. The molecule has 2 aliphatic carbocycles. The first kappa shape index (κ1) is 9.79. The fourth-order valence-electron chi connectivity index (χ4n) is 4.75. The SMILES string of the molecule is C[C@@]12C(C3CC[C@@H]1[N+]([O-])=N3)C1CC[C@H]2N=[N+]1[O-]. The van der Waals surface area contributed by atoms with Crippen LogP contribution in [-0.4, -0.2) is 33.9 Å². The van der Waals surface area contributed by atoms with E-state index in [1.807, 2.05) is 0 Å². The Hall–Kier alpha value is -1.20. The predicted octanol–water partition coefficient (Wildman–Crippen LogP) is 1.62. The monoisotopic (exact) mass is 236 g/mol. The lowest BCUT2D eigenvalue weighted by Crippen LogP contribution is -2.69. The van der Waals surface area contributed by atoms with Gasteiger partial charge in [0.05, 0.1) is 11.3 Å². The summed E-state index contributed by atoms with van der Waals surface area (Å²) in [5.74, 6) is 0.236. The summed E-state index contributed by atoms with van der Waals surface area (Å²) in [6.07, 6.45) is 3.73. The topological polar surface area (TPSA) is 76.9 Å². The molecule has 3 unspecified atom stereocenters. The van der Waals surface area contributed by atoms with Gasteiger partial charge in [-0.05, 0) is 23.1 Å². The van der Waals surface area contributed by atoms with Gasteiger partial charge in [-0.3, -0.25) is 0 Å². The van der Waals surface area contributed by atoms with Gasteiger partial charge in [0.2, 0.25) is 0 Å². The smallest absolute Gasteiger partial charge is 0.198 e. The zero-order valence-corrected chi connectivity index (χ0v) is 9.82. The van der Waals surface area contributed by atoms with E-state index in [4.69, 9.17) is 0 Å². The normalized spacial score (nSPS) is 55.2. The quantitative estimate of drug-likeness (QED) is 0.473. The van der Waals surface area contributed by atoms with Crippen molar-refractivity contribution in [2.75, 3.05) is 0 Å². The van der Waals surface area contributed by atoms with Crippen molar-refractivity contribution in [3.05, 3.63) is 10.4 Å². The fourth-order valence-corrected chi connectivity index (χ4v) is 4.75. The molecule has 2 saturated carbocycles. The van der Waals surface area contributed by atoms with Crippen LogP contribution < -0.4 is 0 Å². The molecule has 0 aromatic rings. The third kappa shape index (κ3) is 0.940. The lowest BCUT2D eigenvalue weighted by atomic mass is 9.51. The summed E-state index contributed by atoms with van der Waals surface area (Å²) in [4.78, 5) is 1.82. The molecule has 0 aromatic carbocycles. The Kier molecular flexibility index (Phi) is 1.61. The Labute approximate surface area is 99.2 Å². The lowest BCUT2D eigenvalue weighted by molar-refractivity contribution is -0.658. The molecular formula is C11H16N4O2. The molecule has 6 atom stereocenters. The summed E-state index contributed by atoms with van der Waals surface area (Å²) in [7, 11) is 0. The number of hydroxylamine groups is 2. The molecular weight excluding hydrogens is 220 g/mol. The third-order valence-electron chi connectivity index (χ3n) is 5.52. The Morgan fingerprint density at radius 1 is 1.06 bits per heavy atom. The molecule has 17 heavy (non-hydrogen) atoms. The van der Waals surface area contributed by atoms with Gasteiger partial charge in [0.25, 0.3) is 0 Å². The molecule has 6 aliphatic rings. The van der Waals surface area contributed by atoms with Gasteiger partial charge < -0.3 is 10.4 Å². The summed E-state index contributed by atoms with van der Waals surface area (Å²) in [5.41, 5.74) is -0.129. The summed E-state index contributed by atoms with van der Waals surface area (Å²) < 4.78 is 0. The van der Waals surface area contributed by atoms with E-state index in [-0.39, 0.29) is 35.5 Å². The summed E-state index contributed by atoms with van der Waals surface area (Å²) in [5, 5.41) is 32.2. The van der Waals surface area contributed by atoms with Crippen LogP contribution >= 0.6 is 0 Å². The van der Waals surface area contributed by atoms with E-state index in [0.717, 1.165) is 35.4 Å². The molecule has 0 amide bonds. The van der Waals surface area contributed by atoms with Gasteiger partial charge in [0.1, 0.15) is 12.1 Å². The number of hydrogen-bond acceptors (Lipinski definition) is 4. The molecule has 0 radical (unpaired) electrons. The zero-order chi connectivity index (χ0) is 11.8. The Balaban J connectivity index is 1.90. The van der Waals surface area contributed by atoms with Crippen LogP contribution in [0.4, 0.5) is 0 Å². The minimum atomic E-state index is -0.129. The van der Waals surface area contributed by atoms with Gasteiger partial charge in [-0.15, -0.1) is 0 Å². The molecule has 4 aliphatic heterocycles. The van der Waals surface area contributed by atoms with Crippen molar-refractivity contribution >= 4 is 0 Å². The van der Waals surface area contributed by atoms with Crippen molar-refractivity contribution < 1.29 is 9.72 Å². The van der Waals surface area contributed by atoms with E-state index in [2.05, 4.69) is 17.2 Å². The van der Waals surface area contributed by atoms with Gasteiger partial charge in [0, 0.05) is 12.8 Å². The van der Waals surface area contributed by atoms with Crippen molar-refractivity contribution in [1.82, 2.24) is 0 Å². The number of nitrogens with zero attached hydrogens (tertiary/aromatic N) is 4. The Morgan fingerprint density at radius 3 is 2.59 bits per heavy atom. The summed E-state index contributed by atoms with van der Waals surface area (Å²) >= 11 is 0. The van der Waals surface area contributed by atoms with Gasteiger partial charge in [-0.2, -0.15) is 0 Å². The second-order valence-corrected chi connectivity index (χ2v) is 6.05. The number of rotatable bonds is 0. The van der Waals surface area contributed by atoms with Crippen molar-refractivity contribution in [3.8, 4) is 0 Å². The molecule has 0 N–H and O–H groups in total. The summed E-state index contributed by atoms with van der Waals surface area (Å²) in [6.45, 7) is 2.15. The van der Waals surface area contributed by atoms with E-state index in [9.17, 15) is 10.4 Å². The van der Waals surface area contributed by atoms with Crippen LogP contribution in [0.15, 0.2) is 10.2 Å². The van der Waals surface area contributed by atoms with Gasteiger partial charge >= 0.3 is 0 Å². The highest BCUT2D eigenvalue weighted by atomic mass is 16.5. The average molecular weight is 236 g/mol. The predicted molar refractivity (Wildman–Crippen MR) is 57.3 cm³/mol. The average Bonchev–Trinajstić information content (AvgIpc) is 2.30. The van der Waals surface area contributed by atoms with E-state index < -0.39 is 0 Å². The molecule has 2 fully saturated rings. The molecule has 6 nitrogen and oxygen atoms in total. The van der Waals surface area contributed by atoms with Crippen LogP contribution in [0.1, 0.15) is 32.6 Å². The van der Waals surface area contributed by atoms with E-state index >= 15 is 0 Å². The van der Waals surface area contributed by atoms with E-state index in [1.54, 1.807) is 0 Å². The first-order chi connectivity index (χ1) is 8.12. The van der Waals surface area contributed by atoms with Crippen LogP contribution in [0.25, 0.3) is 0 Å². The highest BCUT2D eigenvalue weighted by Gasteiger charge is 2.70. The molecule has 0 spiro atoms. The maximum Gasteiger partial charge on any atom is 0.198 e. The minimum absolute atomic E-state index is 0.0229. The lowest BCUT2D eigenvalue weighted by Gasteiger charge is -2.56. The van der Waals surface area contributed by atoms with Crippen molar-refractivity contribution in [2.24, 2.45) is 21.6 Å². The molecule has 92 valence electrons. The van der Waals surface area contributed by atoms with E-state index in [1.165, 1.54) is 0 Å². The van der Waals surface area contributed by atoms with E-state index in [0.29, 0.717) is 0 Å². The van der Waals surface area contributed by atoms with Crippen LogP contribution in [0, 0.1) is 21.7 Å². The maximum absolute atomic E-state index is 11.9. The Morgan fingerprint density at radius 2 is 1.88 bits per heavy atom. The highest BCUT2D eigenvalue weighted by molar-refractivity contribution is 5.12. The highest BCUT2D eigenvalue weighted by Crippen LogP contribution is 2.58. The van der Waals surface area contributed by atoms with Crippen molar-refractivity contribution in [1.29, 1.82) is 0 Å². The molecule has 0 aromatic heterocycles. The molecule has 6 heteroatoms. The number of hydrogen-bond donors (Lipinski definition) is 0. The maximum atomic E-state index is 11.9. The molecule has 4 heterocycles. The molecule has 4 bridgehead atoms. The van der Waals surface area contributed by atoms with Crippen LogP contribution in [0.2, 0.25) is 0 Å². The zero-order valence-electron chi connectivity index (χ0n) is 9.82. The van der Waals surface area contributed by atoms with Crippen LogP contribution in [0.3, 0.4) is 0 Å². The minimum Gasteiger partial charge on any atom is -0.600 e. The van der Waals surface area contributed by atoms with Gasteiger partial charge in [-0.25, -0.2) is 0 Å². The van der Waals surface area contributed by atoms with Crippen LogP contribution in [-0.2, 0) is 0 Å². The Bertz CT molecular complexity index is 449. The number of fused-ring (bicyclic) bond motifs is 2. The first-order valence-electron chi connectivity index (χ1n) is 6.46. The third-order valence-corrected chi connectivity index (χ3v) is 5.52. The first-order valence-corrected chi connectivity index (χ1v) is 6.46.